The molecule has 43 heavy (non-hydrogen) atoms. The minimum Gasteiger partial charge on any atom is -0.463 e. The van der Waals surface area contributed by atoms with E-state index in [-0.39, 0.29) is 10.8 Å². The maximum absolute atomic E-state index is 12.3. The van der Waals surface area contributed by atoms with Gasteiger partial charge in [0.2, 0.25) is 5.11 Å². The second-order valence-electron chi connectivity index (χ2n) is 9.05. The summed E-state index contributed by atoms with van der Waals surface area (Å²) >= 11 is 11.3. The van der Waals surface area contributed by atoms with E-state index in [0.29, 0.717) is 10.7 Å². The Morgan fingerprint density at radius 3 is 2.30 bits per heavy atom. The van der Waals surface area contributed by atoms with E-state index in [1.165, 1.54) is 5.01 Å². The molecule has 0 bridgehead atoms. The van der Waals surface area contributed by atoms with Crippen molar-refractivity contribution < 1.29 is 52.5 Å². The topological polar surface area (TPSA) is 193 Å². The average molecular weight is 642 g/mol. The zero-order valence-electron chi connectivity index (χ0n) is 23.5. The smallest absolute Gasteiger partial charge is 0.378 e. The molecule has 0 radical (unpaired) electrons. The Kier molecular flexibility index (Phi) is 11.5. The summed E-state index contributed by atoms with van der Waals surface area (Å²) in [6, 6.07) is 5.03. The molecule has 2 saturated heterocycles. The van der Waals surface area contributed by atoms with Gasteiger partial charge in [-0.2, -0.15) is 5.11 Å². The fraction of sp³-hybridized carbons (Fsp3) is 0.440. The zero-order valence-corrected chi connectivity index (χ0v) is 25.1. The Labute approximate surface area is 255 Å². The summed E-state index contributed by atoms with van der Waals surface area (Å²) in [4.78, 5) is 64.5. The predicted octanol–water partition coefficient (Wildman–Crippen LogP) is 1.68. The molecule has 0 spiro atoms. The lowest BCUT2D eigenvalue weighted by Gasteiger charge is -2.44. The highest BCUT2D eigenvalue weighted by Crippen LogP contribution is 2.30. The number of hydrazine groups is 1. The number of esters is 4. The monoisotopic (exact) mass is 641 g/mol. The van der Waals surface area contributed by atoms with Crippen LogP contribution in [0.1, 0.15) is 33.3 Å². The number of halogens is 1. The molecule has 0 amide bonds. The zero-order chi connectivity index (χ0) is 31.8. The second-order valence-corrected chi connectivity index (χ2v) is 9.87. The van der Waals surface area contributed by atoms with Gasteiger partial charge in [0.25, 0.3) is 0 Å². The van der Waals surface area contributed by atoms with Crippen LogP contribution in [0.2, 0.25) is 5.02 Å². The first-order valence-electron chi connectivity index (χ1n) is 12.5. The Morgan fingerprint density at radius 1 is 1.05 bits per heavy atom. The lowest BCUT2D eigenvalue weighted by atomic mass is 9.97. The molecule has 5 atom stereocenters. The molecule has 2 fully saturated rings. The minimum atomic E-state index is -1.42. The van der Waals surface area contributed by atoms with Gasteiger partial charge >= 0.3 is 29.8 Å². The maximum atomic E-state index is 12.3. The summed E-state index contributed by atoms with van der Waals surface area (Å²) in [5.74, 6) is -3.79. The number of thiocarbonyl (C=S) groups is 1. The lowest BCUT2D eigenvalue weighted by Crippen LogP contribution is -2.66. The van der Waals surface area contributed by atoms with Crippen LogP contribution < -0.4 is 15.9 Å². The normalized spacial score (nSPS) is 24.3. The number of ether oxygens (including phenoxy) is 5. The van der Waals surface area contributed by atoms with Crippen LogP contribution >= 0.6 is 23.8 Å². The van der Waals surface area contributed by atoms with E-state index in [1.54, 1.807) is 25.1 Å². The van der Waals surface area contributed by atoms with Crippen LogP contribution in [0.25, 0.3) is 0 Å². The molecule has 1 aromatic carbocycles. The van der Waals surface area contributed by atoms with E-state index in [2.05, 4.69) is 21.1 Å². The van der Waals surface area contributed by atoms with E-state index >= 15 is 0 Å². The van der Waals surface area contributed by atoms with Crippen LogP contribution in [-0.4, -0.2) is 72.2 Å². The van der Waals surface area contributed by atoms with Crippen molar-refractivity contribution in [3.8, 4) is 0 Å². The fourth-order valence-electron chi connectivity index (χ4n) is 4.02. The maximum Gasteiger partial charge on any atom is 0.378 e. The average Bonchev–Trinajstić information content (AvgIpc) is 3.26. The largest absolute Gasteiger partial charge is 0.463 e. The van der Waals surface area contributed by atoms with Crippen molar-refractivity contribution in [1.82, 2.24) is 10.9 Å². The summed E-state index contributed by atoms with van der Waals surface area (Å²) < 4.78 is 27.0. The molecule has 0 unspecified atom stereocenters. The highest BCUT2D eigenvalue weighted by Gasteiger charge is 2.52. The van der Waals surface area contributed by atoms with Gasteiger partial charge in [-0.15, -0.1) is 5.11 Å². The summed E-state index contributed by atoms with van der Waals surface area (Å²) in [5.41, 5.74) is 3.68. The number of benzene rings is 1. The second kappa shape index (κ2) is 14.8. The summed E-state index contributed by atoms with van der Waals surface area (Å²) in [7, 11) is 0. The molecule has 0 saturated carbocycles. The van der Waals surface area contributed by atoms with E-state index in [1.807, 2.05) is 0 Å². The highest BCUT2D eigenvalue weighted by atomic mass is 35.5. The molecular weight excluding hydrogens is 614 g/mol. The third-order valence-electron chi connectivity index (χ3n) is 5.68. The molecule has 0 aliphatic carbocycles. The molecule has 16 nitrogen and oxygen atoms in total. The van der Waals surface area contributed by atoms with Gasteiger partial charge in [-0.25, -0.2) is 9.80 Å². The van der Waals surface area contributed by atoms with Crippen molar-refractivity contribution in [2.45, 2.75) is 65.3 Å². The Balaban J connectivity index is 1.87. The van der Waals surface area contributed by atoms with Crippen molar-refractivity contribution >= 4 is 64.5 Å². The Morgan fingerprint density at radius 2 is 1.67 bits per heavy atom. The van der Waals surface area contributed by atoms with Gasteiger partial charge in [0.1, 0.15) is 12.7 Å². The molecule has 2 aliphatic heterocycles. The van der Waals surface area contributed by atoms with Gasteiger partial charge in [-0.1, -0.05) is 23.3 Å². The number of hydrogen-bond acceptors (Lipinski definition) is 15. The molecule has 232 valence electrons. The van der Waals surface area contributed by atoms with Gasteiger partial charge in [-0.3, -0.25) is 19.2 Å². The van der Waals surface area contributed by atoms with Crippen molar-refractivity contribution in [3.63, 3.8) is 0 Å². The highest BCUT2D eigenvalue weighted by molar-refractivity contribution is 7.80. The first kappa shape index (κ1) is 33.3. The first-order valence-corrected chi connectivity index (χ1v) is 13.3. The van der Waals surface area contributed by atoms with Crippen LogP contribution in [0.3, 0.4) is 0 Å². The summed E-state index contributed by atoms with van der Waals surface area (Å²) in [6.07, 6.45) is -5.65. The van der Waals surface area contributed by atoms with E-state index in [4.69, 9.17) is 52.3 Å². The van der Waals surface area contributed by atoms with Gasteiger partial charge < -0.3 is 33.8 Å². The quantitative estimate of drug-likeness (QED) is 0.137. The van der Waals surface area contributed by atoms with Gasteiger partial charge in [0, 0.05) is 32.7 Å². The van der Waals surface area contributed by atoms with Crippen LogP contribution in [-0.2, 0) is 52.5 Å². The standard InChI is InChI=1S/C25H28ClN5O11S/c1-11-6-7-16(26)8-17(11)31-18(24(36)42-30-31)9-27-29-25(43)28-23-22(40-15(5)35)21(39-14(4)34)20(38-13(3)33)19(41-23)10-37-12(2)32/h6-9,19-23,30H,10H2,1-5H3,(H,28,43)/b18-9+,29-27?/t19-,20-,21+,22-,23-/m1/s1. The Bertz CT molecular complexity index is 1360. The number of aryl methyl sites for hydroxylation is 1. The van der Waals surface area contributed by atoms with Crippen LogP contribution in [0.5, 0.6) is 0 Å². The minimum absolute atomic E-state index is 0.0517. The predicted molar refractivity (Wildman–Crippen MR) is 149 cm³/mol. The molecule has 18 heteroatoms. The molecule has 2 heterocycles. The number of anilines is 1. The third-order valence-corrected chi connectivity index (χ3v) is 6.11. The van der Waals surface area contributed by atoms with Crippen molar-refractivity contribution in [3.05, 3.63) is 40.7 Å². The number of rotatable bonds is 8. The number of carbonyl (C=O) groups excluding carboxylic acids is 5. The van der Waals surface area contributed by atoms with Crippen LogP contribution in [0, 0.1) is 6.92 Å². The SMILES string of the molecule is CC(=O)OC[C@H]1O[C@@H](NC(=S)N=N/C=C2\C(=O)ONN2c2cc(Cl)ccc2C)[C@H](OC(C)=O)[C@@H](OC(C)=O)[C@@H]1OC(C)=O. The van der Waals surface area contributed by atoms with Gasteiger partial charge in [0.15, 0.2) is 30.2 Å². The van der Waals surface area contributed by atoms with Crippen LogP contribution in [0.4, 0.5) is 5.69 Å². The number of azo groups is 1. The van der Waals surface area contributed by atoms with Crippen molar-refractivity contribution in [2.75, 3.05) is 11.6 Å². The number of hydrogen-bond donors (Lipinski definition) is 2. The van der Waals surface area contributed by atoms with E-state index in [0.717, 1.165) is 39.5 Å². The van der Waals surface area contributed by atoms with Crippen LogP contribution in [0.15, 0.2) is 40.3 Å². The first-order chi connectivity index (χ1) is 20.3. The summed E-state index contributed by atoms with van der Waals surface area (Å²) in [6.45, 7) is 5.82. The van der Waals surface area contributed by atoms with E-state index < -0.39 is 67.1 Å². The number of nitrogens with zero attached hydrogens (tertiary/aromatic N) is 3. The molecular formula is C25H28ClN5O11S. The van der Waals surface area contributed by atoms with Crippen molar-refractivity contribution in [1.29, 1.82) is 0 Å². The van der Waals surface area contributed by atoms with E-state index in [9.17, 15) is 24.0 Å². The van der Waals surface area contributed by atoms with Crippen molar-refractivity contribution in [2.24, 2.45) is 10.2 Å². The molecule has 2 aliphatic rings. The molecule has 0 aromatic heterocycles. The molecule has 3 rings (SSSR count). The molecule has 1 aromatic rings. The lowest BCUT2D eigenvalue weighted by molar-refractivity contribution is -0.254. The van der Waals surface area contributed by atoms with Gasteiger partial charge in [0.05, 0.1) is 11.9 Å². The van der Waals surface area contributed by atoms with Gasteiger partial charge in [-0.05, 0) is 36.8 Å². The number of carbonyl (C=O) groups is 5. The third kappa shape index (κ3) is 9.15. The fourth-order valence-corrected chi connectivity index (χ4v) is 4.35. The number of nitrogens with one attached hydrogen (secondary N) is 2. The summed E-state index contributed by atoms with van der Waals surface area (Å²) in [5, 5.41) is 11.7. The Hall–Kier alpha value is -4.19. The molecule has 2 N–H and O–H groups in total.